The molecule has 0 aromatic rings. The fraction of sp³-hybridized carbons (Fsp3) is 0.950. The van der Waals surface area contributed by atoms with Crippen LogP contribution in [0.1, 0.15) is 13.8 Å². The summed E-state index contributed by atoms with van der Waals surface area (Å²) in [6.07, 6.45) is -24.5. The standard InChI is InChI=1S/C20H35NO18S/c1-5-10(25)12(27)13(28)19(34-5)37-15-8(4-23)35-18(30)9(21-6(2)24)16(15)38-20-14(29)17(39-40(31,32)33)11(26)7(3-22)36-20/h5,7-20,22-23,25-30H,3-4H2,1-2H3,(H,21,24)(H,31,32,33)/t5-,7-,8-,9-,10+,11+,12+,13-,14-,15-,16-,17+,18-,19-,20+/m1/s1. The Morgan fingerprint density at radius 1 is 0.775 bits per heavy atom. The Hall–Kier alpha value is -1.18. The number of nitrogens with one attached hydrogen (secondary N) is 1. The number of carbonyl (C=O) groups is 1. The van der Waals surface area contributed by atoms with Crippen LogP contribution in [0.5, 0.6) is 0 Å². The maximum absolute atomic E-state index is 11.9. The van der Waals surface area contributed by atoms with Crippen molar-refractivity contribution in [2.24, 2.45) is 0 Å². The van der Waals surface area contributed by atoms with E-state index < -0.39 is 122 Å². The van der Waals surface area contributed by atoms with Crippen LogP contribution in [0.2, 0.25) is 0 Å². The fourth-order valence-corrected chi connectivity index (χ4v) is 5.15. The van der Waals surface area contributed by atoms with Gasteiger partial charge in [0.15, 0.2) is 18.9 Å². The number of hydrogen-bond acceptors (Lipinski definition) is 17. The normalized spacial score (nSPS) is 46.6. The first kappa shape index (κ1) is 33.3. The van der Waals surface area contributed by atoms with E-state index in [1.54, 1.807) is 0 Å². The molecule has 19 nitrogen and oxygen atoms in total. The number of hydrogen-bond donors (Lipinski definition) is 10. The lowest BCUT2D eigenvalue weighted by molar-refractivity contribution is -0.369. The summed E-state index contributed by atoms with van der Waals surface area (Å²) in [5.74, 6) is -0.732. The molecule has 234 valence electrons. The molecule has 3 heterocycles. The van der Waals surface area contributed by atoms with Gasteiger partial charge < -0.3 is 69.9 Å². The third kappa shape index (κ3) is 7.42. The van der Waals surface area contributed by atoms with E-state index in [9.17, 15) is 54.1 Å². The highest BCUT2D eigenvalue weighted by molar-refractivity contribution is 7.80. The monoisotopic (exact) mass is 609 g/mol. The van der Waals surface area contributed by atoms with Gasteiger partial charge in [-0.05, 0) is 6.92 Å². The van der Waals surface area contributed by atoms with E-state index in [0.717, 1.165) is 6.92 Å². The molecule has 0 saturated carbocycles. The minimum Gasteiger partial charge on any atom is -0.394 e. The van der Waals surface area contributed by atoms with Gasteiger partial charge in [0.2, 0.25) is 5.91 Å². The molecule has 3 fully saturated rings. The predicted octanol–water partition coefficient (Wildman–Crippen LogP) is -6.57. The van der Waals surface area contributed by atoms with Gasteiger partial charge in [-0.15, -0.1) is 0 Å². The average Bonchev–Trinajstić information content (AvgIpc) is 2.87. The summed E-state index contributed by atoms with van der Waals surface area (Å²) in [6, 6.07) is -1.56. The van der Waals surface area contributed by atoms with Crippen molar-refractivity contribution in [3.8, 4) is 0 Å². The van der Waals surface area contributed by atoms with E-state index in [2.05, 4.69) is 9.50 Å². The molecule has 40 heavy (non-hydrogen) atoms. The second-order valence-corrected chi connectivity index (χ2v) is 10.6. The lowest BCUT2D eigenvalue weighted by Crippen LogP contribution is -2.69. The van der Waals surface area contributed by atoms with Crippen LogP contribution in [-0.4, -0.2) is 165 Å². The zero-order chi connectivity index (χ0) is 30.1. The van der Waals surface area contributed by atoms with Gasteiger partial charge in [-0.25, -0.2) is 4.18 Å². The highest BCUT2D eigenvalue weighted by Crippen LogP contribution is 2.33. The second-order valence-electron chi connectivity index (χ2n) is 9.55. The minimum atomic E-state index is -5.25. The first-order valence-corrected chi connectivity index (χ1v) is 13.5. The Labute approximate surface area is 227 Å². The number of ether oxygens (including phenoxy) is 5. The molecule has 0 radical (unpaired) electrons. The average molecular weight is 610 g/mol. The predicted molar refractivity (Wildman–Crippen MR) is 122 cm³/mol. The van der Waals surface area contributed by atoms with E-state index >= 15 is 0 Å². The van der Waals surface area contributed by atoms with Crippen molar-refractivity contribution in [3.05, 3.63) is 0 Å². The molecule has 0 unspecified atom stereocenters. The van der Waals surface area contributed by atoms with Crippen LogP contribution in [0, 0.1) is 0 Å². The topological polar surface area (TPSA) is 301 Å². The van der Waals surface area contributed by atoms with Crippen molar-refractivity contribution >= 4 is 16.3 Å². The molecular formula is C20H35NO18S. The van der Waals surface area contributed by atoms with E-state index in [-0.39, 0.29) is 0 Å². The van der Waals surface area contributed by atoms with Crippen molar-refractivity contribution in [1.82, 2.24) is 5.32 Å². The molecule has 0 aromatic carbocycles. The van der Waals surface area contributed by atoms with Crippen molar-refractivity contribution in [2.75, 3.05) is 13.2 Å². The lowest BCUT2D eigenvalue weighted by atomic mass is 9.94. The Kier molecular flexibility index (Phi) is 11.2. The fourth-order valence-electron chi connectivity index (χ4n) is 4.64. The van der Waals surface area contributed by atoms with Gasteiger partial charge in [0.05, 0.1) is 19.3 Å². The first-order valence-electron chi connectivity index (χ1n) is 12.1. The summed E-state index contributed by atoms with van der Waals surface area (Å²) in [5.41, 5.74) is 0. The number of amides is 1. The molecule has 3 rings (SSSR count). The van der Waals surface area contributed by atoms with Crippen molar-refractivity contribution < 1.29 is 86.5 Å². The minimum absolute atomic E-state index is 0.732. The van der Waals surface area contributed by atoms with Gasteiger partial charge in [0.25, 0.3) is 0 Å². The molecule has 0 aromatic heterocycles. The summed E-state index contributed by atoms with van der Waals surface area (Å²) < 4.78 is 63.6. The highest BCUT2D eigenvalue weighted by Gasteiger charge is 2.55. The van der Waals surface area contributed by atoms with Crippen molar-refractivity contribution in [3.63, 3.8) is 0 Å². The van der Waals surface area contributed by atoms with Crippen LogP contribution in [0.3, 0.4) is 0 Å². The largest absolute Gasteiger partial charge is 0.397 e. The third-order valence-electron chi connectivity index (χ3n) is 6.66. The van der Waals surface area contributed by atoms with Gasteiger partial charge >= 0.3 is 10.4 Å². The van der Waals surface area contributed by atoms with Crippen molar-refractivity contribution in [2.45, 2.75) is 106 Å². The van der Waals surface area contributed by atoms with Gasteiger partial charge in [-0.1, -0.05) is 0 Å². The molecule has 3 aliphatic heterocycles. The molecule has 0 bridgehead atoms. The molecule has 1 amide bonds. The third-order valence-corrected chi connectivity index (χ3v) is 7.13. The number of aliphatic hydroxyl groups is 8. The molecule has 0 aliphatic carbocycles. The molecule has 0 spiro atoms. The summed E-state index contributed by atoms with van der Waals surface area (Å²) in [7, 11) is -5.25. The quantitative estimate of drug-likeness (QED) is 0.109. The first-order chi connectivity index (χ1) is 18.6. The molecule has 15 atom stereocenters. The van der Waals surface area contributed by atoms with E-state index in [1.807, 2.05) is 0 Å². The second kappa shape index (κ2) is 13.4. The number of aliphatic hydroxyl groups excluding tert-OH is 8. The Morgan fingerprint density at radius 2 is 1.35 bits per heavy atom. The highest BCUT2D eigenvalue weighted by atomic mass is 32.3. The van der Waals surface area contributed by atoms with Gasteiger partial charge in [0, 0.05) is 6.92 Å². The van der Waals surface area contributed by atoms with Crippen LogP contribution in [0.15, 0.2) is 0 Å². The zero-order valence-corrected chi connectivity index (χ0v) is 22.0. The van der Waals surface area contributed by atoms with Crippen LogP contribution in [0.25, 0.3) is 0 Å². The molecule has 10 N–H and O–H groups in total. The summed E-state index contributed by atoms with van der Waals surface area (Å²) in [5, 5.41) is 84.0. The molecule has 3 saturated heterocycles. The van der Waals surface area contributed by atoms with Crippen molar-refractivity contribution in [1.29, 1.82) is 0 Å². The Bertz CT molecular complexity index is 956. The smallest absolute Gasteiger partial charge is 0.394 e. The molecule has 20 heteroatoms. The SMILES string of the molecule is CC(=O)N[C@@H]1[C@@H](O[C@@H]2O[C@H](CO)[C@H](O)[C@H](OS(=O)(=O)O)[C@H]2O)[C@H](O[C@H]2O[C@H](C)[C@H](O)[C@H](O)[C@H]2O)[C@@H](CO)O[C@H]1O. The number of rotatable bonds is 9. The van der Waals surface area contributed by atoms with E-state index in [0.29, 0.717) is 0 Å². The van der Waals surface area contributed by atoms with E-state index in [4.69, 9.17) is 28.2 Å². The van der Waals surface area contributed by atoms with Crippen LogP contribution in [-0.2, 0) is 43.1 Å². The molecule has 3 aliphatic rings. The maximum Gasteiger partial charge on any atom is 0.397 e. The summed E-state index contributed by atoms with van der Waals surface area (Å²) in [4.78, 5) is 11.9. The van der Waals surface area contributed by atoms with Crippen LogP contribution >= 0.6 is 0 Å². The van der Waals surface area contributed by atoms with Gasteiger partial charge in [-0.2, -0.15) is 8.42 Å². The molecular weight excluding hydrogens is 574 g/mol. The summed E-state index contributed by atoms with van der Waals surface area (Å²) in [6.45, 7) is 0.602. The van der Waals surface area contributed by atoms with Crippen LogP contribution in [0.4, 0.5) is 0 Å². The van der Waals surface area contributed by atoms with E-state index in [1.165, 1.54) is 6.92 Å². The Morgan fingerprint density at radius 3 is 1.90 bits per heavy atom. The van der Waals surface area contributed by atoms with Crippen LogP contribution < -0.4 is 5.32 Å². The maximum atomic E-state index is 11.9. The van der Waals surface area contributed by atoms with Gasteiger partial charge in [-0.3, -0.25) is 9.35 Å². The zero-order valence-electron chi connectivity index (χ0n) is 21.2. The number of carbonyl (C=O) groups excluding carboxylic acids is 1. The lowest BCUT2D eigenvalue weighted by Gasteiger charge is -2.49. The summed E-state index contributed by atoms with van der Waals surface area (Å²) >= 11 is 0. The van der Waals surface area contributed by atoms with Gasteiger partial charge in [0.1, 0.15) is 67.1 Å². The Balaban J connectivity index is 1.97.